The molecule has 0 aromatic heterocycles. The molecule has 0 radical (unpaired) electrons. The Hall–Kier alpha value is -1.81. The second-order valence-corrected chi connectivity index (χ2v) is 3.05. The quantitative estimate of drug-likeness (QED) is 0.483. The summed E-state index contributed by atoms with van der Waals surface area (Å²) in [6, 6.07) is 2.12. The van der Waals surface area contributed by atoms with Gasteiger partial charge in [0.2, 0.25) is 0 Å². The van der Waals surface area contributed by atoms with Crippen molar-refractivity contribution in [2.75, 3.05) is 0 Å². The third kappa shape index (κ3) is 7.28. The zero-order valence-corrected chi connectivity index (χ0v) is 9.40. The highest BCUT2D eigenvalue weighted by Gasteiger charge is 1.84. The van der Waals surface area contributed by atoms with E-state index < -0.39 is 0 Å². The molecular formula is C14H17N. The number of nitriles is 1. The highest BCUT2D eigenvalue weighted by Crippen LogP contribution is 1.99. The van der Waals surface area contributed by atoms with Crippen molar-refractivity contribution in [2.45, 2.75) is 20.3 Å². The lowest BCUT2D eigenvalue weighted by atomic mass is 10.2. The fourth-order valence-electron chi connectivity index (χ4n) is 0.892. The summed E-state index contributed by atoms with van der Waals surface area (Å²) in [4.78, 5) is 0. The summed E-state index contributed by atoms with van der Waals surface area (Å²) in [5.41, 5.74) is 1.83. The van der Waals surface area contributed by atoms with E-state index in [1.54, 1.807) is 12.2 Å². The minimum Gasteiger partial charge on any atom is -0.192 e. The molecule has 0 amide bonds. The van der Waals surface area contributed by atoms with Crippen molar-refractivity contribution in [3.8, 4) is 6.07 Å². The SMILES string of the molecule is C=C/C(C)=C\C=C\C/C=C(C#N)\C=C/C. The highest BCUT2D eigenvalue weighted by molar-refractivity contribution is 5.33. The zero-order chi connectivity index (χ0) is 11.5. The molecule has 0 aromatic carbocycles. The molecule has 0 N–H and O–H groups in total. The third-order valence-corrected chi connectivity index (χ3v) is 1.77. The molecule has 0 rings (SSSR count). The molecule has 0 fully saturated rings. The summed E-state index contributed by atoms with van der Waals surface area (Å²) in [7, 11) is 0. The van der Waals surface area contributed by atoms with Gasteiger partial charge >= 0.3 is 0 Å². The van der Waals surface area contributed by atoms with Crippen LogP contribution in [0.15, 0.2) is 60.3 Å². The summed E-state index contributed by atoms with van der Waals surface area (Å²) in [6.45, 7) is 7.55. The smallest absolute Gasteiger partial charge is 0.0988 e. The van der Waals surface area contributed by atoms with Crippen molar-refractivity contribution in [3.63, 3.8) is 0 Å². The predicted molar refractivity (Wildman–Crippen MR) is 66.2 cm³/mol. The molecule has 0 aliphatic carbocycles. The molecule has 0 aliphatic rings. The molecule has 1 nitrogen and oxygen atoms in total. The molecule has 0 unspecified atom stereocenters. The van der Waals surface area contributed by atoms with E-state index in [1.165, 1.54) is 0 Å². The topological polar surface area (TPSA) is 23.8 Å². The van der Waals surface area contributed by atoms with Crippen LogP contribution in [0.25, 0.3) is 0 Å². The second kappa shape index (κ2) is 8.77. The number of hydrogen-bond donors (Lipinski definition) is 0. The van der Waals surface area contributed by atoms with Crippen LogP contribution in [0.3, 0.4) is 0 Å². The first-order valence-electron chi connectivity index (χ1n) is 4.93. The molecule has 1 heteroatoms. The molecule has 78 valence electrons. The average molecular weight is 199 g/mol. The van der Waals surface area contributed by atoms with Gasteiger partial charge in [-0.05, 0) is 26.3 Å². The minimum absolute atomic E-state index is 0.701. The Balaban J connectivity index is 4.18. The largest absolute Gasteiger partial charge is 0.192 e. The van der Waals surface area contributed by atoms with E-state index >= 15 is 0 Å². The Bertz CT molecular complexity index is 346. The van der Waals surface area contributed by atoms with Gasteiger partial charge in [0, 0.05) is 5.57 Å². The van der Waals surface area contributed by atoms with Crippen LogP contribution in [0, 0.1) is 11.3 Å². The fourth-order valence-corrected chi connectivity index (χ4v) is 0.892. The van der Waals surface area contributed by atoms with Gasteiger partial charge in [0.25, 0.3) is 0 Å². The molecule has 0 atom stereocenters. The molecule has 0 bridgehead atoms. The van der Waals surface area contributed by atoms with E-state index in [4.69, 9.17) is 5.26 Å². The lowest BCUT2D eigenvalue weighted by Gasteiger charge is -1.87. The second-order valence-electron chi connectivity index (χ2n) is 3.05. The van der Waals surface area contributed by atoms with E-state index in [1.807, 2.05) is 44.2 Å². The summed E-state index contributed by atoms with van der Waals surface area (Å²) < 4.78 is 0. The van der Waals surface area contributed by atoms with Gasteiger partial charge in [-0.1, -0.05) is 48.6 Å². The van der Waals surface area contributed by atoms with Gasteiger partial charge in [0.15, 0.2) is 0 Å². The van der Waals surface area contributed by atoms with Gasteiger partial charge in [-0.15, -0.1) is 0 Å². The van der Waals surface area contributed by atoms with Crippen LogP contribution in [0.4, 0.5) is 0 Å². The normalized spacial score (nSPS) is 13.4. The van der Waals surface area contributed by atoms with E-state index in [0.29, 0.717) is 5.57 Å². The fraction of sp³-hybridized carbons (Fsp3) is 0.214. The van der Waals surface area contributed by atoms with Crippen molar-refractivity contribution in [1.29, 1.82) is 5.26 Å². The molecule has 0 spiro atoms. The first-order valence-corrected chi connectivity index (χ1v) is 4.93. The summed E-state index contributed by atoms with van der Waals surface area (Å²) in [5.74, 6) is 0. The van der Waals surface area contributed by atoms with Crippen molar-refractivity contribution < 1.29 is 0 Å². The number of rotatable bonds is 5. The van der Waals surface area contributed by atoms with Gasteiger partial charge in [0.1, 0.15) is 0 Å². The molecule has 0 aliphatic heterocycles. The number of hydrogen-bond acceptors (Lipinski definition) is 1. The van der Waals surface area contributed by atoms with Gasteiger partial charge in [-0.2, -0.15) is 5.26 Å². The van der Waals surface area contributed by atoms with Crippen LogP contribution >= 0.6 is 0 Å². The molecule has 0 saturated heterocycles. The summed E-state index contributed by atoms with van der Waals surface area (Å²) in [6.07, 6.45) is 14.1. The lowest BCUT2D eigenvalue weighted by Crippen LogP contribution is -1.70. The Labute approximate surface area is 92.4 Å². The van der Waals surface area contributed by atoms with Gasteiger partial charge in [0.05, 0.1) is 6.07 Å². The predicted octanol–water partition coefficient (Wildman–Crippen LogP) is 4.09. The van der Waals surface area contributed by atoms with Crippen LogP contribution in [-0.4, -0.2) is 0 Å². The van der Waals surface area contributed by atoms with E-state index in [2.05, 4.69) is 12.6 Å². The molecule has 0 saturated carbocycles. The average Bonchev–Trinajstić information content (AvgIpc) is 2.26. The molecular weight excluding hydrogens is 182 g/mol. The summed E-state index contributed by atoms with van der Waals surface area (Å²) in [5, 5.41) is 8.72. The van der Waals surface area contributed by atoms with Gasteiger partial charge < -0.3 is 0 Å². The molecule has 0 aromatic rings. The van der Waals surface area contributed by atoms with Crippen molar-refractivity contribution in [1.82, 2.24) is 0 Å². The minimum atomic E-state index is 0.701. The van der Waals surface area contributed by atoms with E-state index in [-0.39, 0.29) is 0 Å². The number of nitrogens with zero attached hydrogens (tertiary/aromatic N) is 1. The Morgan fingerprint density at radius 1 is 1.47 bits per heavy atom. The van der Waals surface area contributed by atoms with Gasteiger partial charge in [-0.3, -0.25) is 0 Å². The van der Waals surface area contributed by atoms with E-state index in [0.717, 1.165) is 12.0 Å². The van der Waals surface area contributed by atoms with Crippen molar-refractivity contribution in [2.24, 2.45) is 0 Å². The van der Waals surface area contributed by atoms with Crippen LogP contribution < -0.4 is 0 Å². The first kappa shape index (κ1) is 13.2. The zero-order valence-electron chi connectivity index (χ0n) is 9.40. The van der Waals surface area contributed by atoms with Crippen molar-refractivity contribution >= 4 is 0 Å². The van der Waals surface area contributed by atoms with E-state index in [9.17, 15) is 0 Å². The summed E-state index contributed by atoms with van der Waals surface area (Å²) >= 11 is 0. The third-order valence-electron chi connectivity index (χ3n) is 1.77. The number of allylic oxidation sites excluding steroid dienone is 9. The van der Waals surface area contributed by atoms with Crippen LogP contribution in [0.5, 0.6) is 0 Å². The maximum absolute atomic E-state index is 8.72. The lowest BCUT2D eigenvalue weighted by molar-refractivity contribution is 1.35. The van der Waals surface area contributed by atoms with Crippen LogP contribution in [0.2, 0.25) is 0 Å². The maximum atomic E-state index is 8.72. The standard InChI is InChI=1S/C14H17N/c1-4-9-14(12-15)11-8-6-7-10-13(3)5-2/h4-7,9-11H,2,8H2,1,3H3/b7-6+,9-4-,13-10-,14-11+. The molecule has 15 heavy (non-hydrogen) atoms. The van der Waals surface area contributed by atoms with Crippen LogP contribution in [-0.2, 0) is 0 Å². The molecule has 0 heterocycles. The highest BCUT2D eigenvalue weighted by atomic mass is 14.2. The Morgan fingerprint density at radius 3 is 2.73 bits per heavy atom. The first-order chi connectivity index (χ1) is 7.24. The maximum Gasteiger partial charge on any atom is 0.0988 e. The monoisotopic (exact) mass is 199 g/mol. The van der Waals surface area contributed by atoms with Crippen molar-refractivity contribution in [3.05, 3.63) is 60.3 Å². The van der Waals surface area contributed by atoms with Crippen LogP contribution in [0.1, 0.15) is 20.3 Å². The Kier molecular flexibility index (Phi) is 7.71. The Morgan fingerprint density at radius 2 is 2.20 bits per heavy atom. The van der Waals surface area contributed by atoms with Gasteiger partial charge in [-0.25, -0.2) is 0 Å².